The second kappa shape index (κ2) is 7.19. The van der Waals surface area contributed by atoms with Gasteiger partial charge in [0, 0.05) is 41.8 Å². The number of aromatic nitrogens is 3. The van der Waals surface area contributed by atoms with Crippen LogP contribution in [0.3, 0.4) is 0 Å². The van der Waals surface area contributed by atoms with Crippen molar-refractivity contribution in [2.24, 2.45) is 5.73 Å². The number of anilines is 1. The third-order valence-corrected chi connectivity index (χ3v) is 6.75. The summed E-state index contributed by atoms with van der Waals surface area (Å²) in [6.45, 7) is 4.24. The number of carbonyl (C=O) groups excluding carboxylic acids is 1. The molecular weight excluding hydrogens is 408 g/mol. The predicted octanol–water partition coefficient (Wildman–Crippen LogP) is 3.11. The fourth-order valence-corrected chi connectivity index (χ4v) is 5.08. The first-order valence-electron chi connectivity index (χ1n) is 9.71. The molecule has 5 rings (SSSR count). The Hall–Kier alpha value is -2.29. The van der Waals surface area contributed by atoms with Gasteiger partial charge in [0.25, 0.3) is 5.91 Å². The average Bonchev–Trinajstić information content (AvgIpc) is 3.39. The Morgan fingerprint density at radius 1 is 1.38 bits per heavy atom. The number of halogens is 1. The van der Waals surface area contributed by atoms with Gasteiger partial charge in [0.2, 0.25) is 0 Å². The van der Waals surface area contributed by atoms with Crippen molar-refractivity contribution in [3.63, 3.8) is 0 Å². The summed E-state index contributed by atoms with van der Waals surface area (Å²) in [5, 5.41) is 5.01. The molecule has 0 spiro atoms. The number of amides is 1. The lowest BCUT2D eigenvalue weighted by atomic mass is 10.1. The molecular formula is C20H21ClN6OS. The molecule has 1 saturated heterocycles. The Kier molecular flexibility index (Phi) is 4.64. The van der Waals surface area contributed by atoms with Gasteiger partial charge in [-0.05, 0) is 42.3 Å². The van der Waals surface area contributed by atoms with Crippen LogP contribution < -0.4 is 16.0 Å². The van der Waals surface area contributed by atoms with Crippen molar-refractivity contribution in [2.75, 3.05) is 18.0 Å². The highest BCUT2D eigenvalue weighted by molar-refractivity contribution is 7.99. The van der Waals surface area contributed by atoms with Crippen molar-refractivity contribution in [1.82, 2.24) is 20.3 Å². The quantitative estimate of drug-likeness (QED) is 0.552. The molecule has 4 N–H and O–H groups in total. The van der Waals surface area contributed by atoms with Gasteiger partial charge in [-0.15, -0.1) is 0 Å². The van der Waals surface area contributed by atoms with Crippen LogP contribution in [-0.2, 0) is 13.0 Å². The van der Waals surface area contributed by atoms with Gasteiger partial charge in [-0.2, -0.15) is 0 Å². The summed E-state index contributed by atoms with van der Waals surface area (Å²) in [5.74, 6) is 0.791. The lowest BCUT2D eigenvalue weighted by Gasteiger charge is -2.18. The zero-order valence-electron chi connectivity index (χ0n) is 16.0. The highest BCUT2D eigenvalue weighted by Gasteiger charge is 2.26. The first kappa shape index (κ1) is 18.7. The highest BCUT2D eigenvalue weighted by atomic mass is 35.5. The van der Waals surface area contributed by atoms with Crippen LogP contribution in [0.2, 0.25) is 5.02 Å². The predicted molar refractivity (Wildman–Crippen MR) is 115 cm³/mol. The number of nitrogens with two attached hydrogens (primary N) is 1. The van der Waals surface area contributed by atoms with E-state index in [2.05, 4.69) is 22.1 Å². The van der Waals surface area contributed by atoms with E-state index < -0.39 is 0 Å². The van der Waals surface area contributed by atoms with Crippen molar-refractivity contribution >= 4 is 46.1 Å². The molecule has 0 aliphatic carbocycles. The SMILES string of the molecule is CCc1[nH]c2nc(Sc3ccc4c(c3)C(=O)NC4)nc(N3CC[C@@H](N)C3)c2c1Cl. The summed E-state index contributed by atoms with van der Waals surface area (Å²) in [7, 11) is 0. The van der Waals surface area contributed by atoms with Crippen molar-refractivity contribution in [3.8, 4) is 0 Å². The number of rotatable bonds is 4. The molecule has 29 heavy (non-hydrogen) atoms. The smallest absolute Gasteiger partial charge is 0.251 e. The number of hydrogen-bond donors (Lipinski definition) is 3. The van der Waals surface area contributed by atoms with Gasteiger partial charge >= 0.3 is 0 Å². The van der Waals surface area contributed by atoms with Crippen molar-refractivity contribution in [3.05, 3.63) is 40.0 Å². The zero-order chi connectivity index (χ0) is 20.1. The average molecular weight is 429 g/mol. The monoisotopic (exact) mass is 428 g/mol. The Morgan fingerprint density at radius 2 is 2.24 bits per heavy atom. The van der Waals surface area contributed by atoms with E-state index in [0.717, 1.165) is 64.5 Å². The summed E-state index contributed by atoms with van der Waals surface area (Å²) < 4.78 is 0. The molecule has 1 amide bonds. The van der Waals surface area contributed by atoms with E-state index in [0.29, 0.717) is 16.7 Å². The molecule has 4 heterocycles. The van der Waals surface area contributed by atoms with Crippen LogP contribution >= 0.6 is 23.4 Å². The molecule has 0 radical (unpaired) electrons. The van der Waals surface area contributed by atoms with Gasteiger partial charge in [0.1, 0.15) is 11.5 Å². The van der Waals surface area contributed by atoms with Gasteiger partial charge in [0.15, 0.2) is 5.16 Å². The molecule has 1 fully saturated rings. The van der Waals surface area contributed by atoms with E-state index in [1.807, 2.05) is 18.2 Å². The zero-order valence-corrected chi connectivity index (χ0v) is 17.5. The van der Waals surface area contributed by atoms with Crippen molar-refractivity contribution < 1.29 is 4.79 Å². The molecule has 150 valence electrons. The number of nitrogens with one attached hydrogen (secondary N) is 2. The van der Waals surface area contributed by atoms with Crippen LogP contribution in [0.25, 0.3) is 11.0 Å². The number of fused-ring (bicyclic) bond motifs is 2. The maximum absolute atomic E-state index is 12.0. The Balaban J connectivity index is 1.58. The first-order chi connectivity index (χ1) is 14.0. The summed E-state index contributed by atoms with van der Waals surface area (Å²) >= 11 is 8.09. The van der Waals surface area contributed by atoms with E-state index in [-0.39, 0.29) is 11.9 Å². The summed E-state index contributed by atoms with van der Waals surface area (Å²) in [6, 6.07) is 6.02. The fourth-order valence-electron chi connectivity index (χ4n) is 3.93. The summed E-state index contributed by atoms with van der Waals surface area (Å²) in [5.41, 5.74) is 9.56. The van der Waals surface area contributed by atoms with Crippen LogP contribution in [0.4, 0.5) is 5.82 Å². The maximum atomic E-state index is 12.0. The van der Waals surface area contributed by atoms with Gasteiger partial charge in [0.05, 0.1) is 10.4 Å². The molecule has 3 aromatic rings. The first-order valence-corrected chi connectivity index (χ1v) is 10.9. The third kappa shape index (κ3) is 3.25. The van der Waals surface area contributed by atoms with Gasteiger partial charge in [-0.1, -0.05) is 24.6 Å². The molecule has 0 unspecified atom stereocenters. The number of aryl methyl sites for hydroxylation is 1. The number of nitrogens with zero attached hydrogens (tertiary/aromatic N) is 3. The molecule has 7 nitrogen and oxygen atoms in total. The molecule has 9 heteroatoms. The lowest BCUT2D eigenvalue weighted by Crippen LogP contribution is -2.27. The van der Waals surface area contributed by atoms with E-state index in [1.165, 1.54) is 11.8 Å². The van der Waals surface area contributed by atoms with Crippen LogP contribution in [0.5, 0.6) is 0 Å². The van der Waals surface area contributed by atoms with E-state index in [4.69, 9.17) is 27.3 Å². The number of H-pyrrole nitrogens is 1. The van der Waals surface area contributed by atoms with Gasteiger partial charge in [-0.25, -0.2) is 9.97 Å². The standard InChI is InChI=1S/C20H21ClN6OS/c1-2-14-16(21)15-17(24-14)25-20(26-18(15)27-6-5-11(22)9-27)29-12-4-3-10-8-23-19(28)13(10)7-12/h3-4,7,11H,2,5-6,8-9,22H2,1H3,(H,23,28)(H,24,25,26)/t11-/m1/s1. The molecule has 2 aliphatic rings. The van der Waals surface area contributed by atoms with E-state index in [9.17, 15) is 4.79 Å². The second-order valence-corrected chi connectivity index (χ2v) is 8.84. The van der Waals surface area contributed by atoms with Crippen molar-refractivity contribution in [1.29, 1.82) is 0 Å². The second-order valence-electron chi connectivity index (χ2n) is 7.42. The van der Waals surface area contributed by atoms with Crippen molar-refractivity contribution in [2.45, 2.75) is 42.4 Å². The topological polar surface area (TPSA) is 99.9 Å². The van der Waals surface area contributed by atoms with E-state index >= 15 is 0 Å². The highest BCUT2D eigenvalue weighted by Crippen LogP contribution is 2.38. The molecule has 2 aliphatic heterocycles. The normalized spacial score (nSPS) is 18.5. The minimum absolute atomic E-state index is 0.0331. The van der Waals surface area contributed by atoms with Gasteiger partial charge < -0.3 is 20.9 Å². The van der Waals surface area contributed by atoms with Gasteiger partial charge in [-0.3, -0.25) is 4.79 Å². The third-order valence-electron chi connectivity index (χ3n) is 5.48. The van der Waals surface area contributed by atoms with Crippen LogP contribution in [-0.4, -0.2) is 40.0 Å². The maximum Gasteiger partial charge on any atom is 0.251 e. The summed E-state index contributed by atoms with van der Waals surface area (Å²) in [4.78, 5) is 28.0. The number of carbonyl (C=O) groups is 1. The Bertz CT molecular complexity index is 1130. The molecule has 0 saturated carbocycles. The minimum Gasteiger partial charge on any atom is -0.354 e. The number of aromatic amines is 1. The molecule has 1 atom stereocenters. The Morgan fingerprint density at radius 3 is 3.00 bits per heavy atom. The molecule has 1 aromatic carbocycles. The summed E-state index contributed by atoms with van der Waals surface area (Å²) in [6.07, 6.45) is 1.72. The number of hydrogen-bond acceptors (Lipinski definition) is 6. The largest absolute Gasteiger partial charge is 0.354 e. The lowest BCUT2D eigenvalue weighted by molar-refractivity contribution is 0.0965. The van der Waals surface area contributed by atoms with E-state index in [1.54, 1.807) is 0 Å². The van der Waals surface area contributed by atoms with Crippen LogP contribution in [0.1, 0.15) is 35.0 Å². The molecule has 0 bridgehead atoms. The minimum atomic E-state index is -0.0331. The Labute approximate surface area is 177 Å². The molecule has 2 aromatic heterocycles. The fraction of sp³-hybridized carbons (Fsp3) is 0.350. The number of benzene rings is 1. The van der Waals surface area contributed by atoms with Crippen LogP contribution in [0, 0.1) is 0 Å². The van der Waals surface area contributed by atoms with Crippen LogP contribution in [0.15, 0.2) is 28.3 Å².